The second-order valence-electron chi connectivity index (χ2n) is 3.73. The van der Waals surface area contributed by atoms with Crippen molar-refractivity contribution in [1.29, 1.82) is 0 Å². The minimum Gasteiger partial charge on any atom is -0.466 e. The van der Waals surface area contributed by atoms with E-state index in [1.54, 1.807) is 0 Å². The van der Waals surface area contributed by atoms with E-state index in [9.17, 15) is 4.79 Å². The largest absolute Gasteiger partial charge is 0.466 e. The standard InChI is InChI=1S/C13H25NO2S/c1-3-11-17-12-10-14-9-7-5-6-8-13(15)16-4-2/h3,14H,1,4-12H2,2H3. The number of rotatable bonds is 12. The SMILES string of the molecule is C=CCSCCNCCCCCC(=O)OCC. The zero-order valence-electron chi connectivity index (χ0n) is 10.9. The van der Waals surface area contributed by atoms with Gasteiger partial charge in [-0.15, -0.1) is 6.58 Å². The third kappa shape index (κ3) is 13.5. The zero-order valence-corrected chi connectivity index (χ0v) is 11.7. The Hall–Kier alpha value is -0.480. The average Bonchev–Trinajstić information content (AvgIpc) is 2.32. The van der Waals surface area contributed by atoms with Gasteiger partial charge in [-0.2, -0.15) is 11.8 Å². The molecule has 4 heteroatoms. The molecule has 0 saturated heterocycles. The Labute approximate surface area is 109 Å². The van der Waals surface area contributed by atoms with E-state index in [0.717, 1.165) is 43.9 Å². The summed E-state index contributed by atoms with van der Waals surface area (Å²) in [5, 5.41) is 3.39. The van der Waals surface area contributed by atoms with Crippen molar-refractivity contribution in [3.8, 4) is 0 Å². The highest BCUT2D eigenvalue weighted by atomic mass is 32.2. The van der Waals surface area contributed by atoms with Crippen LogP contribution in [0.4, 0.5) is 0 Å². The molecule has 17 heavy (non-hydrogen) atoms. The maximum Gasteiger partial charge on any atom is 0.305 e. The molecule has 3 nitrogen and oxygen atoms in total. The van der Waals surface area contributed by atoms with Gasteiger partial charge in [0.2, 0.25) is 0 Å². The van der Waals surface area contributed by atoms with Crippen LogP contribution in [-0.2, 0) is 9.53 Å². The third-order valence-corrected chi connectivity index (χ3v) is 3.16. The zero-order chi connectivity index (χ0) is 12.8. The molecule has 0 aromatic rings. The highest BCUT2D eigenvalue weighted by Gasteiger charge is 2.00. The summed E-state index contributed by atoms with van der Waals surface area (Å²) in [5.41, 5.74) is 0. The summed E-state index contributed by atoms with van der Waals surface area (Å²) in [4.78, 5) is 11.0. The normalized spacial score (nSPS) is 10.2. The van der Waals surface area contributed by atoms with Gasteiger partial charge in [-0.3, -0.25) is 4.79 Å². The molecule has 0 heterocycles. The van der Waals surface area contributed by atoms with Crippen LogP contribution in [0.25, 0.3) is 0 Å². The molecule has 0 aromatic heterocycles. The van der Waals surface area contributed by atoms with Crippen LogP contribution in [0, 0.1) is 0 Å². The van der Waals surface area contributed by atoms with Crippen molar-refractivity contribution in [2.75, 3.05) is 31.2 Å². The molecule has 0 radical (unpaired) electrons. The second kappa shape index (κ2) is 13.6. The molecule has 0 unspecified atom stereocenters. The number of hydrogen-bond acceptors (Lipinski definition) is 4. The molecule has 0 aliphatic rings. The Morgan fingerprint density at radius 2 is 2.18 bits per heavy atom. The third-order valence-electron chi connectivity index (χ3n) is 2.20. The van der Waals surface area contributed by atoms with Crippen LogP contribution in [0.2, 0.25) is 0 Å². The smallest absolute Gasteiger partial charge is 0.305 e. The van der Waals surface area contributed by atoms with Crippen molar-refractivity contribution in [1.82, 2.24) is 5.32 Å². The van der Waals surface area contributed by atoms with Gasteiger partial charge in [-0.1, -0.05) is 12.5 Å². The first-order valence-electron chi connectivity index (χ1n) is 6.36. The summed E-state index contributed by atoms with van der Waals surface area (Å²) >= 11 is 1.89. The highest BCUT2D eigenvalue weighted by Crippen LogP contribution is 2.01. The number of nitrogens with one attached hydrogen (secondary N) is 1. The van der Waals surface area contributed by atoms with Gasteiger partial charge in [0.15, 0.2) is 0 Å². The van der Waals surface area contributed by atoms with E-state index in [1.165, 1.54) is 0 Å². The topological polar surface area (TPSA) is 38.3 Å². The molecule has 0 bridgehead atoms. The number of carbonyl (C=O) groups is 1. The first-order valence-corrected chi connectivity index (χ1v) is 7.51. The Morgan fingerprint density at radius 1 is 1.35 bits per heavy atom. The van der Waals surface area contributed by atoms with Gasteiger partial charge >= 0.3 is 5.97 Å². The lowest BCUT2D eigenvalue weighted by Crippen LogP contribution is -2.18. The predicted molar refractivity (Wildman–Crippen MR) is 75.5 cm³/mol. The molecular weight excluding hydrogens is 234 g/mol. The quantitative estimate of drug-likeness (QED) is 0.332. The van der Waals surface area contributed by atoms with E-state index in [1.807, 2.05) is 24.8 Å². The predicted octanol–water partition coefficient (Wildman–Crippen LogP) is 2.62. The highest BCUT2D eigenvalue weighted by molar-refractivity contribution is 7.99. The van der Waals surface area contributed by atoms with Crippen molar-refractivity contribution >= 4 is 17.7 Å². The number of unbranched alkanes of at least 4 members (excludes halogenated alkanes) is 2. The molecule has 1 N–H and O–H groups in total. The van der Waals surface area contributed by atoms with Gasteiger partial charge in [0.05, 0.1) is 6.61 Å². The minimum absolute atomic E-state index is 0.0683. The average molecular weight is 259 g/mol. The molecule has 100 valence electrons. The number of thioether (sulfide) groups is 1. The molecule has 0 rings (SSSR count). The Kier molecular flexibility index (Phi) is 13.2. The molecule has 0 aromatic carbocycles. The molecule has 0 amide bonds. The van der Waals surface area contributed by atoms with Gasteiger partial charge in [0.25, 0.3) is 0 Å². The van der Waals surface area contributed by atoms with E-state index in [0.29, 0.717) is 13.0 Å². The van der Waals surface area contributed by atoms with Crippen LogP contribution >= 0.6 is 11.8 Å². The maximum absolute atomic E-state index is 11.0. The minimum atomic E-state index is -0.0683. The number of hydrogen-bond donors (Lipinski definition) is 1. The fourth-order valence-corrected chi connectivity index (χ4v) is 1.99. The molecule has 0 saturated carbocycles. The molecular formula is C13H25NO2S. The first-order chi connectivity index (χ1) is 8.31. The van der Waals surface area contributed by atoms with E-state index in [-0.39, 0.29) is 5.97 Å². The van der Waals surface area contributed by atoms with Crippen LogP contribution in [0.5, 0.6) is 0 Å². The van der Waals surface area contributed by atoms with E-state index in [4.69, 9.17) is 4.74 Å². The molecule has 0 aliphatic heterocycles. The van der Waals surface area contributed by atoms with Crippen molar-refractivity contribution < 1.29 is 9.53 Å². The Bertz CT molecular complexity index is 198. The summed E-state index contributed by atoms with van der Waals surface area (Å²) in [5.74, 6) is 2.09. The Morgan fingerprint density at radius 3 is 2.88 bits per heavy atom. The summed E-state index contributed by atoms with van der Waals surface area (Å²) < 4.78 is 4.86. The van der Waals surface area contributed by atoms with Crippen molar-refractivity contribution in [3.05, 3.63) is 12.7 Å². The summed E-state index contributed by atoms with van der Waals surface area (Å²) in [7, 11) is 0. The van der Waals surface area contributed by atoms with Gasteiger partial charge in [-0.05, 0) is 26.3 Å². The lowest BCUT2D eigenvalue weighted by atomic mass is 10.2. The van der Waals surface area contributed by atoms with Crippen LogP contribution in [0.3, 0.4) is 0 Å². The number of esters is 1. The second-order valence-corrected chi connectivity index (χ2v) is 4.88. The molecule has 0 spiro atoms. The fourth-order valence-electron chi connectivity index (χ4n) is 1.37. The van der Waals surface area contributed by atoms with Gasteiger partial charge in [0.1, 0.15) is 0 Å². The molecule has 0 atom stereocenters. The lowest BCUT2D eigenvalue weighted by Gasteiger charge is -2.04. The number of carbonyl (C=O) groups excluding carboxylic acids is 1. The van der Waals surface area contributed by atoms with E-state index < -0.39 is 0 Å². The van der Waals surface area contributed by atoms with Gasteiger partial charge in [0, 0.05) is 24.5 Å². The van der Waals surface area contributed by atoms with Crippen molar-refractivity contribution in [2.45, 2.75) is 32.6 Å². The van der Waals surface area contributed by atoms with Gasteiger partial charge in [-0.25, -0.2) is 0 Å². The Balaban J connectivity index is 3.03. The van der Waals surface area contributed by atoms with Crippen LogP contribution < -0.4 is 5.32 Å². The fraction of sp³-hybridized carbons (Fsp3) is 0.769. The first kappa shape index (κ1) is 16.5. The van der Waals surface area contributed by atoms with E-state index >= 15 is 0 Å². The molecule has 0 aliphatic carbocycles. The van der Waals surface area contributed by atoms with Crippen molar-refractivity contribution in [2.24, 2.45) is 0 Å². The maximum atomic E-state index is 11.0. The number of ether oxygens (including phenoxy) is 1. The summed E-state index contributed by atoms with van der Waals surface area (Å²) in [6.45, 7) is 8.10. The van der Waals surface area contributed by atoms with Crippen LogP contribution in [0.15, 0.2) is 12.7 Å². The monoisotopic (exact) mass is 259 g/mol. The van der Waals surface area contributed by atoms with Gasteiger partial charge < -0.3 is 10.1 Å². The van der Waals surface area contributed by atoms with Crippen LogP contribution in [0.1, 0.15) is 32.6 Å². The van der Waals surface area contributed by atoms with Crippen LogP contribution in [-0.4, -0.2) is 37.2 Å². The van der Waals surface area contributed by atoms with E-state index in [2.05, 4.69) is 11.9 Å². The van der Waals surface area contributed by atoms with Crippen molar-refractivity contribution in [3.63, 3.8) is 0 Å². The summed E-state index contributed by atoms with van der Waals surface area (Å²) in [6.07, 6.45) is 5.64. The molecule has 0 fully saturated rings. The lowest BCUT2D eigenvalue weighted by molar-refractivity contribution is -0.143. The summed E-state index contributed by atoms with van der Waals surface area (Å²) in [6, 6.07) is 0.